The maximum absolute atomic E-state index is 12.2. The van der Waals surface area contributed by atoms with Crippen LogP contribution in [0.15, 0.2) is 5.38 Å². The van der Waals surface area contributed by atoms with Gasteiger partial charge in [0.25, 0.3) is 5.91 Å². The Bertz CT molecular complexity index is 428. The number of rotatable bonds is 6. The molecule has 19 heavy (non-hydrogen) atoms. The number of nitrogens with zero attached hydrogens (tertiary/aromatic N) is 1. The molecule has 0 fully saturated rings. The van der Waals surface area contributed by atoms with Crippen molar-refractivity contribution >= 4 is 17.2 Å². The van der Waals surface area contributed by atoms with Gasteiger partial charge < -0.3 is 11.1 Å². The van der Waals surface area contributed by atoms with Gasteiger partial charge in [0.05, 0.1) is 10.5 Å². The summed E-state index contributed by atoms with van der Waals surface area (Å²) in [6.07, 6.45) is 0.858. The van der Waals surface area contributed by atoms with Crippen LogP contribution in [-0.2, 0) is 0 Å². The fourth-order valence-corrected chi connectivity index (χ4v) is 2.90. The number of nitrogens with two attached hydrogens (primary N) is 1. The van der Waals surface area contributed by atoms with E-state index in [1.54, 1.807) is 0 Å². The number of aromatic nitrogens is 1. The second kappa shape index (κ2) is 6.48. The van der Waals surface area contributed by atoms with Gasteiger partial charge in [-0.15, -0.1) is 11.3 Å². The third-order valence-electron chi connectivity index (χ3n) is 2.97. The quantitative estimate of drug-likeness (QED) is 0.843. The van der Waals surface area contributed by atoms with Crippen molar-refractivity contribution in [3.8, 4) is 0 Å². The van der Waals surface area contributed by atoms with Crippen LogP contribution in [-0.4, -0.2) is 23.0 Å². The maximum Gasteiger partial charge on any atom is 0.271 e. The monoisotopic (exact) mass is 283 g/mol. The first-order chi connectivity index (χ1) is 8.77. The molecule has 5 heteroatoms. The van der Waals surface area contributed by atoms with Gasteiger partial charge in [-0.2, -0.15) is 0 Å². The van der Waals surface area contributed by atoms with Crippen LogP contribution in [0.4, 0.5) is 0 Å². The molecule has 1 rings (SSSR count). The molecule has 0 aliphatic rings. The van der Waals surface area contributed by atoms with Gasteiger partial charge in [0.2, 0.25) is 0 Å². The van der Waals surface area contributed by atoms with E-state index in [-0.39, 0.29) is 11.4 Å². The Morgan fingerprint density at radius 3 is 2.53 bits per heavy atom. The predicted octanol–water partition coefficient (Wildman–Crippen LogP) is 2.76. The molecule has 4 nitrogen and oxygen atoms in total. The van der Waals surface area contributed by atoms with Gasteiger partial charge in [-0.25, -0.2) is 4.98 Å². The lowest BCUT2D eigenvalue weighted by molar-refractivity contribution is 0.0893. The van der Waals surface area contributed by atoms with E-state index in [0.29, 0.717) is 24.1 Å². The predicted molar refractivity (Wildman–Crippen MR) is 80.6 cm³/mol. The molecular weight excluding hydrogens is 258 g/mol. The Morgan fingerprint density at radius 1 is 1.47 bits per heavy atom. The molecule has 0 spiro atoms. The van der Waals surface area contributed by atoms with E-state index in [0.717, 1.165) is 11.4 Å². The number of thiazole rings is 1. The fourth-order valence-electron chi connectivity index (χ4n) is 2.08. The fraction of sp³-hybridized carbons (Fsp3) is 0.714. The van der Waals surface area contributed by atoms with Crippen LogP contribution in [0.3, 0.4) is 0 Å². The summed E-state index contributed by atoms with van der Waals surface area (Å²) >= 11 is 1.53. The number of nitrogens with one attached hydrogen (secondary N) is 1. The summed E-state index contributed by atoms with van der Waals surface area (Å²) in [7, 11) is 0. The Morgan fingerprint density at radius 2 is 2.11 bits per heavy atom. The lowest BCUT2D eigenvalue weighted by Gasteiger charge is -2.30. The highest BCUT2D eigenvalue weighted by molar-refractivity contribution is 7.09. The van der Waals surface area contributed by atoms with Gasteiger partial charge in [-0.1, -0.05) is 27.7 Å². The van der Waals surface area contributed by atoms with E-state index in [2.05, 4.69) is 38.0 Å². The summed E-state index contributed by atoms with van der Waals surface area (Å²) in [6, 6.07) is 0. The Balaban J connectivity index is 2.76. The lowest BCUT2D eigenvalue weighted by Crippen LogP contribution is -2.52. The van der Waals surface area contributed by atoms with E-state index in [9.17, 15) is 4.79 Å². The van der Waals surface area contributed by atoms with Gasteiger partial charge in [0, 0.05) is 17.8 Å². The normalized spacial score (nSPS) is 14.7. The SMILES string of the molecule is CC(C)CC(C)(CN)NC(=O)c1csc(C(C)C)n1. The Labute approximate surface area is 119 Å². The van der Waals surface area contributed by atoms with E-state index in [1.165, 1.54) is 11.3 Å². The van der Waals surface area contributed by atoms with Crippen LogP contribution >= 0.6 is 11.3 Å². The van der Waals surface area contributed by atoms with Crippen molar-refractivity contribution in [1.82, 2.24) is 10.3 Å². The van der Waals surface area contributed by atoms with Gasteiger partial charge in [-0.05, 0) is 19.3 Å². The van der Waals surface area contributed by atoms with Crippen LogP contribution in [0, 0.1) is 5.92 Å². The zero-order valence-corrected chi connectivity index (χ0v) is 13.3. The number of hydrogen-bond donors (Lipinski definition) is 2. The molecule has 1 amide bonds. The largest absolute Gasteiger partial charge is 0.344 e. The number of carbonyl (C=O) groups is 1. The molecule has 3 N–H and O–H groups in total. The summed E-state index contributed by atoms with van der Waals surface area (Å²) in [5.74, 6) is 0.704. The molecule has 0 aliphatic heterocycles. The van der Waals surface area contributed by atoms with E-state index in [1.807, 2.05) is 12.3 Å². The minimum Gasteiger partial charge on any atom is -0.344 e. The molecule has 0 radical (unpaired) electrons. The molecular formula is C14H25N3OS. The molecule has 0 saturated carbocycles. The van der Waals surface area contributed by atoms with Crippen LogP contribution in [0.5, 0.6) is 0 Å². The van der Waals surface area contributed by atoms with Crippen molar-refractivity contribution in [2.45, 2.75) is 52.5 Å². The van der Waals surface area contributed by atoms with Gasteiger partial charge in [0.15, 0.2) is 0 Å². The van der Waals surface area contributed by atoms with Gasteiger partial charge >= 0.3 is 0 Å². The van der Waals surface area contributed by atoms with Gasteiger partial charge in [-0.3, -0.25) is 4.79 Å². The summed E-state index contributed by atoms with van der Waals surface area (Å²) in [6.45, 7) is 10.8. The summed E-state index contributed by atoms with van der Waals surface area (Å²) in [4.78, 5) is 16.6. The Hall–Kier alpha value is -0.940. The van der Waals surface area contributed by atoms with Crippen molar-refractivity contribution < 1.29 is 4.79 Å². The standard InChI is InChI=1S/C14H25N3OS/c1-9(2)6-14(5,8-15)17-12(18)11-7-19-13(16-11)10(3)4/h7,9-10H,6,8,15H2,1-5H3,(H,17,18). The van der Waals surface area contributed by atoms with Crippen LogP contribution in [0.25, 0.3) is 0 Å². The van der Waals surface area contributed by atoms with Crippen molar-refractivity contribution in [3.63, 3.8) is 0 Å². The van der Waals surface area contributed by atoms with Crippen molar-refractivity contribution in [1.29, 1.82) is 0 Å². The maximum atomic E-state index is 12.2. The molecule has 1 heterocycles. The Kier molecular flexibility index (Phi) is 5.50. The average molecular weight is 283 g/mol. The van der Waals surface area contributed by atoms with Crippen molar-refractivity contribution in [3.05, 3.63) is 16.1 Å². The highest BCUT2D eigenvalue weighted by Crippen LogP contribution is 2.20. The first-order valence-corrected chi connectivity index (χ1v) is 7.63. The van der Waals surface area contributed by atoms with E-state index in [4.69, 9.17) is 5.73 Å². The van der Waals surface area contributed by atoms with Gasteiger partial charge in [0.1, 0.15) is 5.69 Å². The smallest absolute Gasteiger partial charge is 0.271 e. The molecule has 0 bridgehead atoms. The molecule has 0 aromatic carbocycles. The number of amides is 1. The minimum absolute atomic E-state index is 0.128. The van der Waals surface area contributed by atoms with Crippen LogP contribution in [0.1, 0.15) is 62.5 Å². The summed E-state index contributed by atoms with van der Waals surface area (Å²) < 4.78 is 0. The second-order valence-electron chi connectivity index (χ2n) is 6.04. The highest BCUT2D eigenvalue weighted by atomic mass is 32.1. The molecule has 1 aromatic rings. The molecule has 1 atom stereocenters. The molecule has 1 unspecified atom stereocenters. The summed E-state index contributed by atoms with van der Waals surface area (Å²) in [5, 5.41) is 5.83. The number of carbonyl (C=O) groups excluding carboxylic acids is 1. The molecule has 0 saturated heterocycles. The van der Waals surface area contributed by atoms with Crippen LogP contribution in [0.2, 0.25) is 0 Å². The van der Waals surface area contributed by atoms with E-state index < -0.39 is 0 Å². The van der Waals surface area contributed by atoms with Crippen molar-refractivity contribution in [2.75, 3.05) is 6.54 Å². The molecule has 0 aliphatic carbocycles. The average Bonchev–Trinajstić information content (AvgIpc) is 2.77. The van der Waals surface area contributed by atoms with Crippen molar-refractivity contribution in [2.24, 2.45) is 11.7 Å². The third-order valence-corrected chi connectivity index (χ3v) is 4.12. The topological polar surface area (TPSA) is 68.0 Å². The first-order valence-electron chi connectivity index (χ1n) is 6.75. The minimum atomic E-state index is -0.368. The molecule has 108 valence electrons. The van der Waals surface area contributed by atoms with E-state index >= 15 is 0 Å². The molecule has 1 aromatic heterocycles. The number of hydrogen-bond acceptors (Lipinski definition) is 4. The summed E-state index contributed by atoms with van der Waals surface area (Å²) in [5.41, 5.74) is 5.93. The third kappa shape index (κ3) is 4.58. The zero-order chi connectivity index (χ0) is 14.6. The first kappa shape index (κ1) is 16.1. The lowest BCUT2D eigenvalue weighted by atomic mass is 9.90. The van der Waals surface area contributed by atoms with Crippen LogP contribution < -0.4 is 11.1 Å². The zero-order valence-electron chi connectivity index (χ0n) is 12.5. The highest BCUT2D eigenvalue weighted by Gasteiger charge is 2.27. The second-order valence-corrected chi connectivity index (χ2v) is 6.93.